The Bertz CT molecular complexity index is 238. The van der Waals surface area contributed by atoms with Crippen LogP contribution in [0.15, 0.2) is 30.3 Å². The molecule has 0 unspecified atom stereocenters. The highest BCUT2D eigenvalue weighted by Gasteiger charge is 1.97. The van der Waals surface area contributed by atoms with Crippen molar-refractivity contribution >= 4 is 5.71 Å². The lowest BCUT2D eigenvalue weighted by Gasteiger charge is -2.01. The van der Waals surface area contributed by atoms with Gasteiger partial charge in [0.2, 0.25) is 0 Å². The molecule has 1 aromatic carbocycles. The van der Waals surface area contributed by atoms with E-state index in [2.05, 4.69) is 6.92 Å². The van der Waals surface area contributed by atoms with Gasteiger partial charge in [-0.2, -0.15) is 0 Å². The Hall–Kier alpha value is -1.11. The molecular weight excluding hydrogens is 146 g/mol. The second-order valence-corrected chi connectivity index (χ2v) is 2.95. The van der Waals surface area contributed by atoms with E-state index in [1.807, 2.05) is 30.3 Å². The number of unbranched alkanes of at least 4 members (excludes halogenated alkanes) is 1. The van der Waals surface area contributed by atoms with Gasteiger partial charge in [0, 0.05) is 5.71 Å². The molecule has 1 aromatic rings. The van der Waals surface area contributed by atoms with Gasteiger partial charge in [-0.25, -0.2) is 0 Å². The van der Waals surface area contributed by atoms with E-state index in [0.29, 0.717) is 0 Å². The molecule has 0 aliphatic carbocycles. The Balaban J connectivity index is 2.54. The first-order valence-corrected chi connectivity index (χ1v) is 4.47. The predicted octanol–water partition coefficient (Wildman–Crippen LogP) is 3.24. The Morgan fingerprint density at radius 1 is 1.25 bits per heavy atom. The second-order valence-electron chi connectivity index (χ2n) is 2.95. The fourth-order valence-corrected chi connectivity index (χ4v) is 1.14. The first kappa shape index (κ1) is 8.98. The van der Waals surface area contributed by atoms with Crippen LogP contribution in [0.4, 0.5) is 0 Å². The minimum atomic E-state index is 0.762. The van der Waals surface area contributed by atoms with E-state index in [1.165, 1.54) is 0 Å². The van der Waals surface area contributed by atoms with E-state index < -0.39 is 0 Å². The Kier molecular flexibility index (Phi) is 3.52. The maximum absolute atomic E-state index is 7.73. The maximum atomic E-state index is 7.73. The molecule has 0 amide bonds. The van der Waals surface area contributed by atoms with Crippen LogP contribution in [0.3, 0.4) is 0 Å². The molecule has 0 saturated heterocycles. The second kappa shape index (κ2) is 4.70. The highest BCUT2D eigenvalue weighted by molar-refractivity contribution is 5.98. The van der Waals surface area contributed by atoms with E-state index in [0.717, 1.165) is 30.5 Å². The van der Waals surface area contributed by atoms with E-state index in [9.17, 15) is 0 Å². The van der Waals surface area contributed by atoms with Crippen molar-refractivity contribution in [2.75, 3.05) is 0 Å². The number of hydrogen-bond donors (Lipinski definition) is 1. The molecule has 1 nitrogen and oxygen atoms in total. The number of benzene rings is 1. The Morgan fingerprint density at radius 3 is 2.50 bits per heavy atom. The highest BCUT2D eigenvalue weighted by atomic mass is 14.4. The standard InChI is InChI=1S/C11H15N/c1-2-3-9-11(12)10-7-5-4-6-8-10/h4-8,12H,2-3,9H2,1H3. The molecule has 0 aromatic heterocycles. The maximum Gasteiger partial charge on any atom is 0.0386 e. The summed E-state index contributed by atoms with van der Waals surface area (Å²) in [5.74, 6) is 0. The molecule has 12 heavy (non-hydrogen) atoms. The van der Waals surface area contributed by atoms with Crippen molar-refractivity contribution < 1.29 is 0 Å². The Morgan fingerprint density at radius 2 is 1.92 bits per heavy atom. The lowest BCUT2D eigenvalue weighted by Crippen LogP contribution is -1.97. The normalized spacial score (nSPS) is 9.75. The van der Waals surface area contributed by atoms with Crippen LogP contribution in [0.25, 0.3) is 0 Å². The summed E-state index contributed by atoms with van der Waals surface area (Å²) in [4.78, 5) is 0. The molecule has 0 spiro atoms. The summed E-state index contributed by atoms with van der Waals surface area (Å²) in [6.07, 6.45) is 3.18. The molecule has 1 N–H and O–H groups in total. The zero-order valence-corrected chi connectivity index (χ0v) is 7.51. The van der Waals surface area contributed by atoms with Crippen LogP contribution in [0.1, 0.15) is 31.7 Å². The van der Waals surface area contributed by atoms with E-state index in [4.69, 9.17) is 5.41 Å². The van der Waals surface area contributed by atoms with Crippen molar-refractivity contribution in [2.45, 2.75) is 26.2 Å². The van der Waals surface area contributed by atoms with Gasteiger partial charge in [0.25, 0.3) is 0 Å². The quantitative estimate of drug-likeness (QED) is 0.655. The van der Waals surface area contributed by atoms with Crippen molar-refractivity contribution in [3.05, 3.63) is 35.9 Å². The molecule has 0 bridgehead atoms. The van der Waals surface area contributed by atoms with Gasteiger partial charge in [0.05, 0.1) is 0 Å². The molecule has 0 aliphatic heterocycles. The van der Waals surface area contributed by atoms with Gasteiger partial charge in [0.15, 0.2) is 0 Å². The zero-order valence-electron chi connectivity index (χ0n) is 7.51. The van der Waals surface area contributed by atoms with Gasteiger partial charge in [-0.05, 0) is 18.4 Å². The minimum absolute atomic E-state index is 0.762. The van der Waals surface area contributed by atoms with Crippen molar-refractivity contribution in [2.24, 2.45) is 0 Å². The van der Waals surface area contributed by atoms with Gasteiger partial charge < -0.3 is 5.41 Å². The number of hydrogen-bond acceptors (Lipinski definition) is 1. The van der Waals surface area contributed by atoms with E-state index in [-0.39, 0.29) is 0 Å². The average Bonchev–Trinajstić information content (AvgIpc) is 2.15. The van der Waals surface area contributed by atoms with Crippen LogP contribution in [0.5, 0.6) is 0 Å². The zero-order chi connectivity index (χ0) is 8.81. The smallest absolute Gasteiger partial charge is 0.0386 e. The minimum Gasteiger partial charge on any atom is -0.305 e. The third kappa shape index (κ3) is 2.50. The number of nitrogens with one attached hydrogen (secondary N) is 1. The SMILES string of the molecule is CCCCC(=N)c1ccccc1. The summed E-state index contributed by atoms with van der Waals surface area (Å²) in [7, 11) is 0. The largest absolute Gasteiger partial charge is 0.305 e. The van der Waals surface area contributed by atoms with Gasteiger partial charge in [-0.3, -0.25) is 0 Å². The van der Waals surface area contributed by atoms with Crippen molar-refractivity contribution in [1.82, 2.24) is 0 Å². The van der Waals surface area contributed by atoms with Gasteiger partial charge in [-0.15, -0.1) is 0 Å². The molecule has 64 valence electrons. The first-order chi connectivity index (χ1) is 5.84. The first-order valence-electron chi connectivity index (χ1n) is 4.47. The lowest BCUT2D eigenvalue weighted by molar-refractivity contribution is 0.833. The average molecular weight is 161 g/mol. The molecular formula is C11H15N. The summed E-state index contributed by atoms with van der Waals surface area (Å²) < 4.78 is 0. The van der Waals surface area contributed by atoms with Crippen LogP contribution in [0.2, 0.25) is 0 Å². The Labute approximate surface area is 73.9 Å². The third-order valence-electron chi connectivity index (χ3n) is 1.90. The third-order valence-corrected chi connectivity index (χ3v) is 1.90. The van der Waals surface area contributed by atoms with Crippen molar-refractivity contribution in [3.8, 4) is 0 Å². The van der Waals surface area contributed by atoms with Gasteiger partial charge in [0.1, 0.15) is 0 Å². The fourth-order valence-electron chi connectivity index (χ4n) is 1.14. The van der Waals surface area contributed by atoms with Crippen molar-refractivity contribution in [3.63, 3.8) is 0 Å². The van der Waals surface area contributed by atoms with Crippen LogP contribution >= 0.6 is 0 Å². The fraction of sp³-hybridized carbons (Fsp3) is 0.364. The summed E-state index contributed by atoms with van der Waals surface area (Å²) in [5.41, 5.74) is 1.82. The lowest BCUT2D eigenvalue weighted by atomic mass is 10.1. The van der Waals surface area contributed by atoms with Crippen LogP contribution in [-0.4, -0.2) is 5.71 Å². The van der Waals surface area contributed by atoms with Crippen LogP contribution in [0, 0.1) is 5.41 Å². The monoisotopic (exact) mass is 161 g/mol. The van der Waals surface area contributed by atoms with Gasteiger partial charge >= 0.3 is 0 Å². The van der Waals surface area contributed by atoms with E-state index in [1.54, 1.807) is 0 Å². The summed E-state index contributed by atoms with van der Waals surface area (Å²) >= 11 is 0. The van der Waals surface area contributed by atoms with E-state index >= 15 is 0 Å². The molecule has 0 aliphatic rings. The molecule has 0 fully saturated rings. The highest BCUT2D eigenvalue weighted by Crippen LogP contribution is 2.05. The van der Waals surface area contributed by atoms with Gasteiger partial charge in [-0.1, -0.05) is 43.7 Å². The molecule has 1 heteroatoms. The predicted molar refractivity (Wildman–Crippen MR) is 52.8 cm³/mol. The molecule has 0 radical (unpaired) electrons. The molecule has 1 rings (SSSR count). The summed E-state index contributed by atoms with van der Waals surface area (Å²) in [6.45, 7) is 2.15. The van der Waals surface area contributed by atoms with Crippen molar-refractivity contribution in [1.29, 1.82) is 5.41 Å². The van der Waals surface area contributed by atoms with Crippen LogP contribution in [-0.2, 0) is 0 Å². The number of rotatable bonds is 4. The topological polar surface area (TPSA) is 23.9 Å². The molecule has 0 atom stereocenters. The molecule has 0 saturated carbocycles. The summed E-state index contributed by atoms with van der Waals surface area (Å²) in [6, 6.07) is 9.94. The molecule has 0 heterocycles. The van der Waals surface area contributed by atoms with Crippen LogP contribution < -0.4 is 0 Å². The summed E-state index contributed by atoms with van der Waals surface area (Å²) in [5, 5.41) is 7.73.